The zero-order valence-electron chi connectivity index (χ0n) is 15.1. The number of anilines is 1. The summed E-state index contributed by atoms with van der Waals surface area (Å²) in [4.78, 5) is 16.4. The number of pyridine rings is 1. The molecule has 9 heteroatoms. The summed E-state index contributed by atoms with van der Waals surface area (Å²) in [6.07, 6.45) is 4.62. The number of sulfonamides is 1. The second kappa shape index (κ2) is 9.31. The topological polar surface area (TPSA) is 91.7 Å². The average molecular weight is 429 g/mol. The van der Waals surface area contributed by atoms with Gasteiger partial charge in [0.1, 0.15) is 6.54 Å². The van der Waals surface area contributed by atoms with Crippen LogP contribution in [0.4, 0.5) is 5.69 Å². The Morgan fingerprint density at radius 3 is 2.45 bits per heavy atom. The molecule has 0 radical (unpaired) electrons. The number of nitrogens with zero attached hydrogens (tertiary/aromatic N) is 3. The van der Waals surface area contributed by atoms with Crippen LogP contribution in [0.25, 0.3) is 0 Å². The summed E-state index contributed by atoms with van der Waals surface area (Å²) >= 11 is 5.91. The number of hydrogen-bond donors (Lipinski definition) is 1. The molecule has 29 heavy (non-hydrogen) atoms. The van der Waals surface area contributed by atoms with Crippen molar-refractivity contribution in [1.29, 1.82) is 0 Å². The summed E-state index contributed by atoms with van der Waals surface area (Å²) in [6.45, 7) is -0.455. The second-order valence-electron chi connectivity index (χ2n) is 5.88. The first-order valence-electron chi connectivity index (χ1n) is 8.52. The van der Waals surface area contributed by atoms with Crippen molar-refractivity contribution in [2.75, 3.05) is 10.8 Å². The Hall–Kier alpha value is -3.23. The Morgan fingerprint density at radius 1 is 1.07 bits per heavy atom. The summed E-state index contributed by atoms with van der Waals surface area (Å²) in [7, 11) is -3.97. The Bertz CT molecular complexity index is 1090. The fourth-order valence-electron chi connectivity index (χ4n) is 2.44. The van der Waals surface area contributed by atoms with Crippen LogP contribution in [-0.2, 0) is 14.8 Å². The maximum Gasteiger partial charge on any atom is 0.264 e. The van der Waals surface area contributed by atoms with Crippen molar-refractivity contribution in [2.24, 2.45) is 5.10 Å². The summed E-state index contributed by atoms with van der Waals surface area (Å²) < 4.78 is 27.2. The molecule has 1 heterocycles. The van der Waals surface area contributed by atoms with Gasteiger partial charge in [-0.2, -0.15) is 5.10 Å². The molecule has 7 nitrogen and oxygen atoms in total. The molecule has 0 bridgehead atoms. The van der Waals surface area contributed by atoms with Crippen molar-refractivity contribution < 1.29 is 13.2 Å². The number of carbonyl (C=O) groups is 1. The van der Waals surface area contributed by atoms with Crippen molar-refractivity contribution in [3.05, 3.63) is 89.7 Å². The van der Waals surface area contributed by atoms with E-state index in [0.717, 1.165) is 4.31 Å². The molecule has 1 aromatic heterocycles. The third kappa shape index (κ3) is 5.40. The van der Waals surface area contributed by atoms with Crippen molar-refractivity contribution in [3.63, 3.8) is 0 Å². The smallest absolute Gasteiger partial charge is 0.264 e. The van der Waals surface area contributed by atoms with Crippen molar-refractivity contribution in [2.45, 2.75) is 4.90 Å². The van der Waals surface area contributed by atoms with Gasteiger partial charge >= 0.3 is 0 Å². The zero-order chi connectivity index (χ0) is 20.7. The number of halogens is 1. The Kier molecular flexibility index (Phi) is 6.58. The summed E-state index contributed by atoms with van der Waals surface area (Å²) in [6, 6.07) is 17.6. The zero-order valence-corrected chi connectivity index (χ0v) is 16.7. The van der Waals surface area contributed by atoms with E-state index in [1.165, 1.54) is 30.5 Å². The normalized spacial score (nSPS) is 11.3. The molecule has 3 rings (SSSR count). The lowest BCUT2D eigenvalue weighted by molar-refractivity contribution is -0.119. The van der Waals surface area contributed by atoms with E-state index in [-0.39, 0.29) is 4.90 Å². The third-order valence-corrected chi connectivity index (χ3v) is 5.86. The molecule has 0 fully saturated rings. The highest BCUT2D eigenvalue weighted by atomic mass is 35.5. The number of nitrogens with one attached hydrogen (secondary N) is 1. The van der Waals surface area contributed by atoms with E-state index < -0.39 is 22.5 Å². The van der Waals surface area contributed by atoms with Gasteiger partial charge in [-0.1, -0.05) is 35.9 Å². The molecule has 0 spiro atoms. The van der Waals surface area contributed by atoms with E-state index in [1.807, 2.05) is 0 Å². The lowest BCUT2D eigenvalue weighted by Gasteiger charge is -2.23. The minimum Gasteiger partial charge on any atom is -0.271 e. The standard InChI is InChI=1S/C20H17ClN4O3S/c21-17-8-10-18(11-9-17)25(29(27,28)19-6-2-1-3-7-19)15-20(26)24-23-14-16-5-4-12-22-13-16/h1-14H,15H2,(H,24,26)/b23-14-. The van der Waals surface area contributed by atoms with Crippen molar-refractivity contribution in [1.82, 2.24) is 10.4 Å². The van der Waals surface area contributed by atoms with Gasteiger partial charge in [-0.3, -0.25) is 14.1 Å². The van der Waals surface area contributed by atoms with Crippen LogP contribution in [0.2, 0.25) is 5.02 Å². The molecular weight excluding hydrogens is 412 g/mol. The molecule has 0 saturated carbocycles. The van der Waals surface area contributed by atoms with Gasteiger partial charge in [0.25, 0.3) is 15.9 Å². The highest BCUT2D eigenvalue weighted by Gasteiger charge is 2.27. The molecule has 0 aliphatic rings. The molecule has 0 aliphatic carbocycles. The van der Waals surface area contributed by atoms with Gasteiger partial charge < -0.3 is 0 Å². The summed E-state index contributed by atoms with van der Waals surface area (Å²) in [5.41, 5.74) is 3.34. The molecule has 0 aliphatic heterocycles. The first-order chi connectivity index (χ1) is 14.0. The van der Waals surface area contributed by atoms with Crippen LogP contribution in [0.15, 0.2) is 89.1 Å². The highest BCUT2D eigenvalue weighted by Crippen LogP contribution is 2.24. The fraction of sp³-hybridized carbons (Fsp3) is 0.0500. The van der Waals surface area contributed by atoms with E-state index >= 15 is 0 Å². The Morgan fingerprint density at radius 2 is 1.79 bits per heavy atom. The number of hydrogen-bond acceptors (Lipinski definition) is 5. The van der Waals surface area contributed by atoms with E-state index in [9.17, 15) is 13.2 Å². The molecule has 3 aromatic rings. The van der Waals surface area contributed by atoms with Gasteiger partial charge in [-0.15, -0.1) is 0 Å². The van der Waals surface area contributed by atoms with Crippen LogP contribution < -0.4 is 9.73 Å². The molecule has 0 unspecified atom stereocenters. The fourth-order valence-corrected chi connectivity index (χ4v) is 4.01. The van der Waals surface area contributed by atoms with E-state index in [2.05, 4.69) is 15.5 Å². The third-order valence-electron chi connectivity index (χ3n) is 3.82. The lowest BCUT2D eigenvalue weighted by atomic mass is 10.3. The minimum absolute atomic E-state index is 0.0709. The minimum atomic E-state index is -3.97. The molecule has 148 valence electrons. The van der Waals surface area contributed by atoms with Gasteiger partial charge in [0.05, 0.1) is 16.8 Å². The highest BCUT2D eigenvalue weighted by molar-refractivity contribution is 7.92. The second-order valence-corrected chi connectivity index (χ2v) is 8.18. The van der Waals surface area contributed by atoms with Crippen molar-refractivity contribution in [3.8, 4) is 0 Å². The van der Waals surface area contributed by atoms with E-state index in [1.54, 1.807) is 54.9 Å². The largest absolute Gasteiger partial charge is 0.271 e. The molecule has 2 aromatic carbocycles. The van der Waals surface area contributed by atoms with Gasteiger partial charge in [-0.05, 0) is 42.5 Å². The van der Waals surface area contributed by atoms with Crippen LogP contribution in [-0.4, -0.2) is 32.1 Å². The van der Waals surface area contributed by atoms with Crippen LogP contribution in [0.3, 0.4) is 0 Å². The number of rotatable bonds is 7. The molecule has 1 amide bonds. The first kappa shape index (κ1) is 20.5. The maximum atomic E-state index is 13.1. The maximum absolute atomic E-state index is 13.1. The van der Waals surface area contributed by atoms with E-state index in [0.29, 0.717) is 16.3 Å². The number of benzene rings is 2. The molecule has 0 atom stereocenters. The average Bonchev–Trinajstić information content (AvgIpc) is 2.74. The van der Waals surface area contributed by atoms with Gasteiger partial charge in [0, 0.05) is 23.0 Å². The Labute approximate surface area is 173 Å². The van der Waals surface area contributed by atoms with Crippen LogP contribution >= 0.6 is 11.6 Å². The van der Waals surface area contributed by atoms with Crippen molar-refractivity contribution >= 4 is 39.4 Å². The molecular formula is C20H17ClN4O3S. The molecule has 0 saturated heterocycles. The van der Waals surface area contributed by atoms with Crippen LogP contribution in [0.1, 0.15) is 5.56 Å². The van der Waals surface area contributed by atoms with E-state index in [4.69, 9.17) is 11.6 Å². The summed E-state index contributed by atoms with van der Waals surface area (Å²) in [5, 5.41) is 4.30. The lowest BCUT2D eigenvalue weighted by Crippen LogP contribution is -2.39. The van der Waals surface area contributed by atoms with Crippen LogP contribution in [0, 0.1) is 0 Å². The number of carbonyl (C=O) groups excluding carboxylic acids is 1. The van der Waals surface area contributed by atoms with Crippen LogP contribution in [0.5, 0.6) is 0 Å². The quantitative estimate of drug-likeness (QED) is 0.462. The summed E-state index contributed by atoms with van der Waals surface area (Å²) in [5.74, 6) is -0.598. The first-order valence-corrected chi connectivity index (χ1v) is 10.3. The molecule has 1 N–H and O–H groups in total. The Balaban J connectivity index is 1.83. The van der Waals surface area contributed by atoms with Gasteiger partial charge in [-0.25, -0.2) is 13.8 Å². The predicted octanol–water partition coefficient (Wildman–Crippen LogP) is 3.08. The predicted molar refractivity (Wildman–Crippen MR) is 112 cm³/mol. The monoisotopic (exact) mass is 428 g/mol. The number of hydrazone groups is 1. The SMILES string of the molecule is O=C(CN(c1ccc(Cl)cc1)S(=O)(=O)c1ccccc1)N/N=C\c1cccnc1. The van der Waals surface area contributed by atoms with Gasteiger partial charge in [0.15, 0.2) is 0 Å². The number of amides is 1. The number of aromatic nitrogens is 1. The van der Waals surface area contributed by atoms with Gasteiger partial charge in [0.2, 0.25) is 0 Å².